The number of ketones is 1. The Labute approximate surface area is 171 Å². The van der Waals surface area contributed by atoms with E-state index in [4.69, 9.17) is 6.42 Å². The molecule has 1 saturated carbocycles. The first kappa shape index (κ1) is 17.7. The molecule has 1 unspecified atom stereocenters. The second kappa shape index (κ2) is 6.60. The van der Waals surface area contributed by atoms with Crippen molar-refractivity contribution in [3.05, 3.63) is 77.1 Å². The van der Waals surface area contributed by atoms with Crippen molar-refractivity contribution in [2.24, 2.45) is 5.41 Å². The van der Waals surface area contributed by atoms with Gasteiger partial charge in [-0.1, -0.05) is 41.8 Å². The highest BCUT2D eigenvalue weighted by Crippen LogP contribution is 2.45. The number of hydrogen-bond donors (Lipinski definition) is 0. The third-order valence-corrected chi connectivity index (χ3v) is 6.32. The SMILES string of the molecule is C#Cc1ccccc1-n1ncc2c1C=C1CCCC(=O)C1(C)C2.c1cc2cc-2c1. The number of Topliss-reactive ketones (excluding diaryl/α,β-unsaturated/α-hetero) is 1. The van der Waals surface area contributed by atoms with Crippen molar-refractivity contribution in [1.82, 2.24) is 9.78 Å². The average molecular weight is 378 g/mol. The zero-order valence-corrected chi connectivity index (χ0v) is 16.5. The third kappa shape index (κ3) is 2.93. The Hall–Kier alpha value is -3.38. The summed E-state index contributed by atoms with van der Waals surface area (Å²) in [6.07, 6.45) is 13.0. The molecule has 0 N–H and O–H groups in total. The lowest BCUT2D eigenvalue weighted by molar-refractivity contribution is -0.127. The van der Waals surface area contributed by atoms with E-state index in [1.54, 1.807) is 0 Å². The van der Waals surface area contributed by atoms with Gasteiger partial charge in [0.25, 0.3) is 0 Å². The molecular formula is C26H22N2O. The number of allylic oxidation sites excluding steroid dienone is 1. The van der Waals surface area contributed by atoms with Crippen LogP contribution in [0.25, 0.3) is 22.9 Å². The fraction of sp³-hybridized carbons (Fsp3) is 0.231. The topological polar surface area (TPSA) is 34.9 Å². The number of benzene rings is 2. The molecular weight excluding hydrogens is 356 g/mol. The fourth-order valence-electron chi connectivity index (χ4n) is 4.49. The summed E-state index contributed by atoms with van der Waals surface area (Å²) in [5.74, 6) is 3.08. The molecule has 1 heterocycles. The summed E-state index contributed by atoms with van der Waals surface area (Å²) in [6.45, 7) is 2.08. The molecule has 142 valence electrons. The van der Waals surface area contributed by atoms with Crippen molar-refractivity contribution in [3.63, 3.8) is 0 Å². The van der Waals surface area contributed by atoms with Gasteiger partial charge >= 0.3 is 0 Å². The molecule has 3 heteroatoms. The van der Waals surface area contributed by atoms with Crippen LogP contribution in [-0.2, 0) is 11.2 Å². The highest BCUT2D eigenvalue weighted by atomic mass is 16.1. The quantitative estimate of drug-likeness (QED) is 0.426. The Bertz CT molecular complexity index is 1190. The van der Waals surface area contributed by atoms with Crippen LogP contribution in [0.3, 0.4) is 0 Å². The highest BCUT2D eigenvalue weighted by molar-refractivity contribution is 5.91. The van der Waals surface area contributed by atoms with Crippen LogP contribution in [0.15, 0.2) is 60.3 Å². The lowest BCUT2D eigenvalue weighted by Crippen LogP contribution is -2.37. The number of aromatic nitrogens is 2. The molecule has 6 rings (SSSR count). The molecule has 1 atom stereocenters. The summed E-state index contributed by atoms with van der Waals surface area (Å²) in [5.41, 5.74) is 7.67. The summed E-state index contributed by atoms with van der Waals surface area (Å²) in [5, 5.41) is 4.56. The minimum absolute atomic E-state index is 0.343. The second-order valence-corrected chi connectivity index (χ2v) is 8.16. The summed E-state index contributed by atoms with van der Waals surface area (Å²) in [7, 11) is 0. The molecule has 3 nitrogen and oxygen atoms in total. The van der Waals surface area contributed by atoms with Gasteiger partial charge in [-0.2, -0.15) is 5.10 Å². The largest absolute Gasteiger partial charge is 0.299 e. The van der Waals surface area contributed by atoms with E-state index in [0.29, 0.717) is 12.2 Å². The van der Waals surface area contributed by atoms with Gasteiger partial charge in [0, 0.05) is 12.0 Å². The van der Waals surface area contributed by atoms with Crippen LogP contribution >= 0.6 is 0 Å². The Balaban J connectivity index is 0.000000255. The van der Waals surface area contributed by atoms with E-state index in [9.17, 15) is 4.79 Å². The molecule has 0 spiro atoms. The predicted molar refractivity (Wildman–Crippen MR) is 116 cm³/mol. The van der Waals surface area contributed by atoms with E-state index >= 15 is 0 Å². The number of fused-ring (bicyclic) bond motifs is 3. The Kier molecular flexibility index (Phi) is 4.03. The maximum Gasteiger partial charge on any atom is 0.143 e. The van der Waals surface area contributed by atoms with E-state index in [0.717, 1.165) is 41.8 Å². The first-order valence-corrected chi connectivity index (χ1v) is 10.1. The number of terminal acetylenes is 1. The molecule has 1 fully saturated rings. The molecule has 1 aromatic carbocycles. The van der Waals surface area contributed by atoms with Gasteiger partial charge in [0.15, 0.2) is 0 Å². The molecule has 4 aliphatic carbocycles. The van der Waals surface area contributed by atoms with E-state index in [2.05, 4.69) is 48.3 Å². The average Bonchev–Trinajstić information content (AvgIpc) is 3.14. The lowest BCUT2D eigenvalue weighted by atomic mass is 9.65. The van der Waals surface area contributed by atoms with E-state index in [-0.39, 0.29) is 5.41 Å². The van der Waals surface area contributed by atoms with Crippen LogP contribution in [0.2, 0.25) is 0 Å². The molecule has 4 aliphatic rings. The highest BCUT2D eigenvalue weighted by Gasteiger charge is 2.42. The summed E-state index contributed by atoms with van der Waals surface area (Å²) >= 11 is 0. The number of hydrogen-bond acceptors (Lipinski definition) is 2. The van der Waals surface area contributed by atoms with Gasteiger partial charge in [-0.3, -0.25) is 4.79 Å². The summed E-state index contributed by atoms with van der Waals surface area (Å²) in [6, 6.07) is 16.3. The summed E-state index contributed by atoms with van der Waals surface area (Å²) < 4.78 is 1.91. The molecule has 0 aliphatic heterocycles. The van der Waals surface area contributed by atoms with Crippen molar-refractivity contribution >= 4 is 11.9 Å². The Morgan fingerprint density at radius 2 is 1.90 bits per heavy atom. The Morgan fingerprint density at radius 3 is 2.59 bits per heavy atom. The van der Waals surface area contributed by atoms with E-state index < -0.39 is 0 Å². The van der Waals surface area contributed by atoms with Crippen molar-refractivity contribution in [2.45, 2.75) is 32.6 Å². The predicted octanol–water partition coefficient (Wildman–Crippen LogP) is 5.22. The van der Waals surface area contributed by atoms with Crippen LogP contribution in [-0.4, -0.2) is 15.6 Å². The van der Waals surface area contributed by atoms with Crippen LogP contribution in [0.4, 0.5) is 0 Å². The maximum atomic E-state index is 12.4. The number of carbonyl (C=O) groups is 1. The standard InChI is InChI=1S/C20H18N2O.C6H4/c1-3-14-7-4-5-9-17(14)22-18-11-16-8-6-10-19(23)20(16,2)12-15(18)13-21-22;1-2-5-4-6(5)3-1/h1,4-5,7,9,11,13H,6,8,10,12H2,2H3;1-4H. The molecule has 0 bridgehead atoms. The maximum absolute atomic E-state index is 12.4. The third-order valence-electron chi connectivity index (χ3n) is 6.32. The molecule has 29 heavy (non-hydrogen) atoms. The van der Waals surface area contributed by atoms with Crippen molar-refractivity contribution in [3.8, 4) is 29.2 Å². The number of para-hydroxylation sites is 1. The zero-order chi connectivity index (χ0) is 20.0. The molecule has 2 aromatic rings. The van der Waals surface area contributed by atoms with Crippen LogP contribution < -0.4 is 0 Å². The first-order chi connectivity index (χ1) is 14.1. The molecule has 0 amide bonds. The monoisotopic (exact) mass is 378 g/mol. The first-order valence-electron chi connectivity index (χ1n) is 10.1. The molecule has 0 radical (unpaired) electrons. The van der Waals surface area contributed by atoms with Gasteiger partial charge in [0.1, 0.15) is 5.78 Å². The van der Waals surface area contributed by atoms with E-state index in [1.165, 1.54) is 16.7 Å². The normalized spacial score (nSPS) is 20.4. The van der Waals surface area contributed by atoms with Crippen molar-refractivity contribution in [2.75, 3.05) is 0 Å². The van der Waals surface area contributed by atoms with Gasteiger partial charge in [-0.25, -0.2) is 4.68 Å². The minimum atomic E-state index is -0.343. The number of carbonyl (C=O) groups excluding carboxylic acids is 1. The number of rotatable bonds is 1. The second-order valence-electron chi connectivity index (χ2n) is 8.16. The summed E-state index contributed by atoms with van der Waals surface area (Å²) in [4.78, 5) is 12.4. The van der Waals surface area contributed by atoms with Crippen LogP contribution in [0.5, 0.6) is 0 Å². The van der Waals surface area contributed by atoms with Crippen molar-refractivity contribution in [1.29, 1.82) is 0 Å². The van der Waals surface area contributed by atoms with Gasteiger partial charge in [-0.05, 0) is 67.2 Å². The Morgan fingerprint density at radius 1 is 1.10 bits per heavy atom. The van der Waals surface area contributed by atoms with Gasteiger partial charge in [-0.15, -0.1) is 6.42 Å². The van der Waals surface area contributed by atoms with Crippen molar-refractivity contribution < 1.29 is 4.79 Å². The zero-order valence-electron chi connectivity index (χ0n) is 16.5. The molecule has 1 aromatic heterocycles. The molecule has 0 saturated heterocycles. The van der Waals surface area contributed by atoms with Gasteiger partial charge < -0.3 is 0 Å². The number of nitrogens with zero attached hydrogens (tertiary/aromatic N) is 2. The van der Waals surface area contributed by atoms with Crippen LogP contribution in [0, 0.1) is 17.8 Å². The minimum Gasteiger partial charge on any atom is -0.299 e. The van der Waals surface area contributed by atoms with Gasteiger partial charge in [0.2, 0.25) is 0 Å². The lowest BCUT2D eigenvalue weighted by Gasteiger charge is -2.37. The van der Waals surface area contributed by atoms with Gasteiger partial charge in [0.05, 0.1) is 23.0 Å². The van der Waals surface area contributed by atoms with E-state index in [1.807, 2.05) is 35.1 Å². The van der Waals surface area contributed by atoms with Crippen LogP contribution in [0.1, 0.15) is 43.0 Å². The fourth-order valence-corrected chi connectivity index (χ4v) is 4.49. The smallest absolute Gasteiger partial charge is 0.143 e.